The Bertz CT molecular complexity index is 360. The molecule has 0 spiro atoms. The van der Waals surface area contributed by atoms with Gasteiger partial charge in [0.15, 0.2) is 0 Å². The molecule has 1 unspecified atom stereocenters. The van der Waals surface area contributed by atoms with Gasteiger partial charge in [0.25, 0.3) is 0 Å². The van der Waals surface area contributed by atoms with Gasteiger partial charge in [0, 0.05) is 12.6 Å². The van der Waals surface area contributed by atoms with Crippen LogP contribution < -0.4 is 5.32 Å². The van der Waals surface area contributed by atoms with Crippen LogP contribution in [0.2, 0.25) is 0 Å². The van der Waals surface area contributed by atoms with E-state index < -0.39 is 5.54 Å². The number of carbonyl (C=O) groups excluding carboxylic acids is 1. The first-order chi connectivity index (χ1) is 9.91. The van der Waals surface area contributed by atoms with E-state index in [9.17, 15) is 4.79 Å². The lowest BCUT2D eigenvalue weighted by Gasteiger charge is -2.42. The zero-order chi connectivity index (χ0) is 15.5. The minimum absolute atomic E-state index is 0.0965. The number of hydrogen-bond donors (Lipinski definition) is 1. The molecule has 0 amide bonds. The van der Waals surface area contributed by atoms with Crippen LogP contribution in [0, 0.1) is 5.41 Å². The maximum atomic E-state index is 12.4. The first-order valence-electron chi connectivity index (χ1n) is 8.58. The Labute approximate surface area is 129 Å². The van der Waals surface area contributed by atoms with Crippen molar-refractivity contribution in [3.8, 4) is 0 Å². The minimum Gasteiger partial charge on any atom is -0.465 e. The van der Waals surface area contributed by atoms with Crippen molar-refractivity contribution in [3.05, 3.63) is 0 Å². The zero-order valence-electron chi connectivity index (χ0n) is 14.2. The summed E-state index contributed by atoms with van der Waals surface area (Å²) in [6.45, 7) is 12.0. The van der Waals surface area contributed by atoms with Crippen molar-refractivity contribution in [3.63, 3.8) is 0 Å². The van der Waals surface area contributed by atoms with E-state index in [1.54, 1.807) is 0 Å². The van der Waals surface area contributed by atoms with Gasteiger partial charge in [0.05, 0.1) is 6.61 Å². The van der Waals surface area contributed by atoms with E-state index in [1.807, 2.05) is 13.8 Å². The second-order valence-corrected chi connectivity index (χ2v) is 7.41. The van der Waals surface area contributed by atoms with E-state index in [1.165, 1.54) is 32.1 Å². The summed E-state index contributed by atoms with van der Waals surface area (Å²) in [5.74, 6) is -0.0965. The van der Waals surface area contributed by atoms with E-state index in [2.05, 4.69) is 24.1 Å². The molecule has 1 aliphatic carbocycles. The molecule has 1 heterocycles. The molecule has 2 aliphatic rings. The summed E-state index contributed by atoms with van der Waals surface area (Å²) in [5, 5.41) is 3.52. The third kappa shape index (κ3) is 4.43. The van der Waals surface area contributed by atoms with E-state index in [0.717, 1.165) is 19.6 Å². The number of esters is 1. The van der Waals surface area contributed by atoms with Crippen LogP contribution in [0.3, 0.4) is 0 Å². The van der Waals surface area contributed by atoms with E-state index in [-0.39, 0.29) is 5.97 Å². The number of hydrogen-bond acceptors (Lipinski definition) is 4. The number of carbonyl (C=O) groups is 1. The van der Waals surface area contributed by atoms with Crippen molar-refractivity contribution in [2.75, 3.05) is 26.2 Å². The van der Waals surface area contributed by atoms with Gasteiger partial charge in [-0.05, 0) is 58.0 Å². The molecule has 1 saturated heterocycles. The topological polar surface area (TPSA) is 41.6 Å². The fourth-order valence-corrected chi connectivity index (χ4v) is 3.19. The van der Waals surface area contributed by atoms with Crippen molar-refractivity contribution in [2.45, 2.75) is 71.4 Å². The van der Waals surface area contributed by atoms with Crippen LogP contribution in [-0.4, -0.2) is 48.7 Å². The summed E-state index contributed by atoms with van der Waals surface area (Å²) in [4.78, 5) is 14.8. The fourth-order valence-electron chi connectivity index (χ4n) is 3.19. The second-order valence-electron chi connectivity index (χ2n) is 7.41. The van der Waals surface area contributed by atoms with Crippen LogP contribution in [0.5, 0.6) is 0 Å². The number of ether oxygens (including phenoxy) is 1. The molecule has 2 fully saturated rings. The Morgan fingerprint density at radius 1 is 1.33 bits per heavy atom. The van der Waals surface area contributed by atoms with Gasteiger partial charge in [-0.3, -0.25) is 10.1 Å². The summed E-state index contributed by atoms with van der Waals surface area (Å²) in [7, 11) is 0. The van der Waals surface area contributed by atoms with Crippen LogP contribution in [0.1, 0.15) is 59.8 Å². The maximum absolute atomic E-state index is 12.4. The molecule has 0 radical (unpaired) electrons. The van der Waals surface area contributed by atoms with Crippen LogP contribution >= 0.6 is 0 Å². The van der Waals surface area contributed by atoms with Gasteiger partial charge in [0.1, 0.15) is 5.54 Å². The highest BCUT2D eigenvalue weighted by atomic mass is 16.5. The van der Waals surface area contributed by atoms with E-state index >= 15 is 0 Å². The van der Waals surface area contributed by atoms with Crippen molar-refractivity contribution in [1.82, 2.24) is 10.2 Å². The van der Waals surface area contributed by atoms with Crippen LogP contribution in [0.25, 0.3) is 0 Å². The van der Waals surface area contributed by atoms with Gasteiger partial charge in [0.2, 0.25) is 0 Å². The Balaban J connectivity index is 1.94. The number of nitrogens with zero attached hydrogens (tertiary/aromatic N) is 1. The normalized spacial score (nSPS) is 25.3. The third-order valence-electron chi connectivity index (χ3n) is 5.28. The molecule has 0 aromatic heterocycles. The van der Waals surface area contributed by atoms with Gasteiger partial charge >= 0.3 is 5.97 Å². The number of nitrogens with one attached hydrogen (secondary N) is 1. The molecule has 1 aliphatic heterocycles. The largest absolute Gasteiger partial charge is 0.465 e. The molecule has 4 nitrogen and oxygen atoms in total. The fraction of sp³-hybridized carbons (Fsp3) is 0.941. The monoisotopic (exact) mass is 296 g/mol. The lowest BCUT2D eigenvalue weighted by Crippen LogP contribution is -2.59. The molecule has 4 heteroatoms. The van der Waals surface area contributed by atoms with E-state index in [4.69, 9.17) is 4.74 Å². The predicted octanol–water partition coefficient (Wildman–Crippen LogP) is 2.57. The van der Waals surface area contributed by atoms with Crippen LogP contribution in [0.15, 0.2) is 0 Å². The smallest absolute Gasteiger partial charge is 0.327 e. The Kier molecular flexibility index (Phi) is 5.31. The predicted molar refractivity (Wildman–Crippen MR) is 85.3 cm³/mol. The van der Waals surface area contributed by atoms with Crippen molar-refractivity contribution >= 4 is 5.97 Å². The van der Waals surface area contributed by atoms with Crippen molar-refractivity contribution in [2.24, 2.45) is 5.41 Å². The third-order valence-corrected chi connectivity index (χ3v) is 5.28. The number of piperidine rings is 1. The summed E-state index contributed by atoms with van der Waals surface area (Å²) < 4.78 is 5.31. The van der Waals surface area contributed by atoms with Gasteiger partial charge in [-0.2, -0.15) is 0 Å². The average Bonchev–Trinajstić information content (AvgIpc) is 3.26. The molecule has 1 saturated carbocycles. The maximum Gasteiger partial charge on any atom is 0.327 e. The second kappa shape index (κ2) is 6.66. The lowest BCUT2D eigenvalue weighted by molar-refractivity contribution is -0.151. The zero-order valence-corrected chi connectivity index (χ0v) is 14.2. The number of rotatable bonds is 7. The molecule has 2 rings (SSSR count). The minimum atomic E-state index is -0.558. The SMILES string of the molecule is CCOC(=O)C(C)(CN1CCC(C)(CC)CC1)NC1CC1. The highest BCUT2D eigenvalue weighted by molar-refractivity contribution is 5.80. The van der Waals surface area contributed by atoms with Gasteiger partial charge in [-0.15, -0.1) is 0 Å². The average molecular weight is 296 g/mol. The molecule has 0 bridgehead atoms. The molecule has 0 aromatic carbocycles. The summed E-state index contributed by atoms with van der Waals surface area (Å²) in [6.07, 6.45) is 6.07. The molecular formula is C17H32N2O2. The number of likely N-dealkylation sites (tertiary alicyclic amines) is 1. The van der Waals surface area contributed by atoms with Gasteiger partial charge in [-0.1, -0.05) is 20.3 Å². The molecular weight excluding hydrogens is 264 g/mol. The van der Waals surface area contributed by atoms with Crippen molar-refractivity contribution in [1.29, 1.82) is 0 Å². The summed E-state index contributed by atoms with van der Waals surface area (Å²) in [6, 6.07) is 0.505. The highest BCUT2D eigenvalue weighted by Gasteiger charge is 2.42. The highest BCUT2D eigenvalue weighted by Crippen LogP contribution is 2.34. The van der Waals surface area contributed by atoms with Gasteiger partial charge < -0.3 is 9.64 Å². The Morgan fingerprint density at radius 3 is 2.43 bits per heavy atom. The van der Waals surface area contributed by atoms with Crippen molar-refractivity contribution < 1.29 is 9.53 Å². The molecule has 21 heavy (non-hydrogen) atoms. The Hall–Kier alpha value is -0.610. The lowest BCUT2D eigenvalue weighted by atomic mass is 9.78. The molecule has 1 N–H and O–H groups in total. The van der Waals surface area contributed by atoms with Crippen LogP contribution in [0.4, 0.5) is 0 Å². The molecule has 122 valence electrons. The first-order valence-corrected chi connectivity index (χ1v) is 8.58. The summed E-state index contributed by atoms with van der Waals surface area (Å²) >= 11 is 0. The Morgan fingerprint density at radius 2 is 1.95 bits per heavy atom. The first kappa shape index (κ1) is 16.8. The summed E-state index contributed by atoms with van der Waals surface area (Å²) in [5.41, 5.74) is -0.0715. The van der Waals surface area contributed by atoms with Crippen LogP contribution in [-0.2, 0) is 9.53 Å². The molecule has 0 aromatic rings. The quantitative estimate of drug-likeness (QED) is 0.733. The van der Waals surface area contributed by atoms with E-state index in [0.29, 0.717) is 18.1 Å². The standard InChI is InChI=1S/C17H32N2O2/c1-5-16(3)9-11-19(12-10-16)13-17(4,15(20)21-6-2)18-14-7-8-14/h14,18H,5-13H2,1-4H3. The molecule has 1 atom stereocenters. The van der Waals surface area contributed by atoms with Gasteiger partial charge in [-0.25, -0.2) is 0 Å².